The number of carbonyl (C=O) groups is 1. The van der Waals surface area contributed by atoms with Gasteiger partial charge in [-0.2, -0.15) is 0 Å². The number of nitrogens with zero attached hydrogens (tertiary/aromatic N) is 2. The van der Waals surface area contributed by atoms with Gasteiger partial charge in [0.15, 0.2) is 0 Å². The van der Waals surface area contributed by atoms with Crippen molar-refractivity contribution < 1.29 is 4.79 Å². The van der Waals surface area contributed by atoms with Crippen LogP contribution in [0, 0.1) is 6.92 Å². The second-order valence-electron chi connectivity index (χ2n) is 6.47. The topological polar surface area (TPSA) is 66.9 Å². The Labute approximate surface area is 153 Å². The van der Waals surface area contributed by atoms with Gasteiger partial charge in [-0.15, -0.1) is 0 Å². The number of amides is 1. The SMILES string of the molecule is Cc1cc(C(=O)NCc2ccccc2Cl)nc(NC2CCCCC2)n1. The lowest BCUT2D eigenvalue weighted by atomic mass is 9.96. The van der Waals surface area contributed by atoms with Crippen molar-refractivity contribution in [3.63, 3.8) is 0 Å². The Morgan fingerprint density at radius 3 is 2.72 bits per heavy atom. The van der Waals surface area contributed by atoms with Gasteiger partial charge in [0, 0.05) is 23.3 Å². The minimum atomic E-state index is -0.225. The molecular weight excluding hydrogens is 336 g/mol. The molecule has 1 saturated carbocycles. The van der Waals surface area contributed by atoms with E-state index in [0.29, 0.717) is 29.3 Å². The van der Waals surface area contributed by atoms with Crippen LogP contribution >= 0.6 is 11.6 Å². The zero-order chi connectivity index (χ0) is 17.6. The summed E-state index contributed by atoms with van der Waals surface area (Å²) in [6.45, 7) is 2.24. The fraction of sp³-hybridized carbons (Fsp3) is 0.421. The highest BCUT2D eigenvalue weighted by Crippen LogP contribution is 2.20. The molecule has 1 amide bonds. The molecule has 1 aromatic heterocycles. The van der Waals surface area contributed by atoms with Crippen molar-refractivity contribution in [2.24, 2.45) is 0 Å². The van der Waals surface area contributed by atoms with E-state index in [0.717, 1.165) is 24.1 Å². The standard InChI is InChI=1S/C19H23ClN4O/c1-13-11-17(18(25)21-12-14-7-5-6-10-16(14)20)24-19(22-13)23-15-8-3-2-4-9-15/h5-7,10-11,15H,2-4,8-9,12H2,1H3,(H,21,25)(H,22,23,24). The van der Waals surface area contributed by atoms with E-state index in [2.05, 4.69) is 20.6 Å². The summed E-state index contributed by atoms with van der Waals surface area (Å²) < 4.78 is 0. The molecule has 2 aromatic rings. The number of hydrogen-bond acceptors (Lipinski definition) is 4. The molecule has 3 rings (SSSR count). The number of nitrogens with one attached hydrogen (secondary N) is 2. The lowest BCUT2D eigenvalue weighted by molar-refractivity contribution is 0.0945. The van der Waals surface area contributed by atoms with E-state index in [1.807, 2.05) is 31.2 Å². The lowest BCUT2D eigenvalue weighted by Crippen LogP contribution is -2.27. The molecular formula is C19H23ClN4O. The first kappa shape index (κ1) is 17.7. The monoisotopic (exact) mass is 358 g/mol. The molecule has 1 fully saturated rings. The van der Waals surface area contributed by atoms with Crippen molar-refractivity contribution in [3.05, 3.63) is 52.3 Å². The maximum absolute atomic E-state index is 12.5. The van der Waals surface area contributed by atoms with Crippen LogP contribution in [-0.4, -0.2) is 21.9 Å². The van der Waals surface area contributed by atoms with Gasteiger partial charge in [0.05, 0.1) is 0 Å². The van der Waals surface area contributed by atoms with Gasteiger partial charge in [0.2, 0.25) is 5.95 Å². The predicted molar refractivity (Wildman–Crippen MR) is 99.9 cm³/mol. The molecule has 2 N–H and O–H groups in total. The Balaban J connectivity index is 1.66. The van der Waals surface area contributed by atoms with Crippen LogP contribution in [0.2, 0.25) is 5.02 Å². The molecule has 0 radical (unpaired) electrons. The molecule has 0 saturated heterocycles. The van der Waals surface area contributed by atoms with Gasteiger partial charge in [0.1, 0.15) is 5.69 Å². The second kappa shape index (κ2) is 8.30. The first-order valence-corrected chi connectivity index (χ1v) is 9.13. The summed E-state index contributed by atoms with van der Waals surface area (Å²) in [5, 5.41) is 6.89. The summed E-state index contributed by atoms with van der Waals surface area (Å²) in [5.41, 5.74) is 2.03. The van der Waals surface area contributed by atoms with Crippen LogP contribution in [0.15, 0.2) is 30.3 Å². The average molecular weight is 359 g/mol. The minimum Gasteiger partial charge on any atom is -0.351 e. The summed E-state index contributed by atoms with van der Waals surface area (Å²) in [6, 6.07) is 9.57. The molecule has 0 bridgehead atoms. The van der Waals surface area contributed by atoms with Crippen molar-refractivity contribution in [2.75, 3.05) is 5.32 Å². The largest absolute Gasteiger partial charge is 0.351 e. The van der Waals surface area contributed by atoms with Crippen molar-refractivity contribution in [3.8, 4) is 0 Å². The number of anilines is 1. The van der Waals surface area contributed by atoms with Gasteiger partial charge in [-0.3, -0.25) is 4.79 Å². The number of benzene rings is 1. The molecule has 0 unspecified atom stereocenters. The summed E-state index contributed by atoms with van der Waals surface area (Å²) in [7, 11) is 0. The van der Waals surface area contributed by atoms with Crippen molar-refractivity contribution >= 4 is 23.5 Å². The van der Waals surface area contributed by atoms with Gasteiger partial charge in [0.25, 0.3) is 5.91 Å². The average Bonchev–Trinajstić information content (AvgIpc) is 2.61. The first-order valence-electron chi connectivity index (χ1n) is 8.75. The molecule has 0 aliphatic heterocycles. The predicted octanol–water partition coefficient (Wildman–Crippen LogP) is 4.11. The summed E-state index contributed by atoms with van der Waals surface area (Å²) in [5.74, 6) is 0.312. The number of aryl methyl sites for hydroxylation is 1. The third kappa shape index (κ3) is 4.92. The summed E-state index contributed by atoms with van der Waals surface area (Å²) in [6.07, 6.45) is 6.02. The van der Waals surface area contributed by atoms with Crippen LogP contribution in [-0.2, 0) is 6.54 Å². The van der Waals surface area contributed by atoms with Gasteiger partial charge in [-0.05, 0) is 37.5 Å². The Morgan fingerprint density at radius 2 is 1.96 bits per heavy atom. The number of halogens is 1. The highest BCUT2D eigenvalue weighted by atomic mass is 35.5. The molecule has 1 heterocycles. The van der Waals surface area contributed by atoms with Crippen molar-refractivity contribution in [2.45, 2.75) is 51.6 Å². The van der Waals surface area contributed by atoms with Gasteiger partial charge >= 0.3 is 0 Å². The number of rotatable bonds is 5. The Hall–Kier alpha value is -2.14. The molecule has 132 valence electrons. The van der Waals surface area contributed by atoms with E-state index in [4.69, 9.17) is 11.6 Å². The van der Waals surface area contributed by atoms with Gasteiger partial charge in [-0.1, -0.05) is 49.1 Å². The quantitative estimate of drug-likeness (QED) is 0.843. The van der Waals surface area contributed by atoms with E-state index < -0.39 is 0 Å². The maximum atomic E-state index is 12.5. The highest BCUT2D eigenvalue weighted by molar-refractivity contribution is 6.31. The highest BCUT2D eigenvalue weighted by Gasteiger charge is 2.16. The molecule has 1 aliphatic rings. The Bertz CT molecular complexity index is 744. The third-order valence-electron chi connectivity index (χ3n) is 4.42. The lowest BCUT2D eigenvalue weighted by Gasteiger charge is -2.23. The maximum Gasteiger partial charge on any atom is 0.270 e. The summed E-state index contributed by atoms with van der Waals surface area (Å²) >= 11 is 6.13. The van der Waals surface area contributed by atoms with Gasteiger partial charge in [-0.25, -0.2) is 9.97 Å². The molecule has 1 aliphatic carbocycles. The first-order chi connectivity index (χ1) is 12.1. The molecule has 1 aromatic carbocycles. The fourth-order valence-corrected chi connectivity index (χ4v) is 3.29. The van der Waals surface area contributed by atoms with Crippen LogP contribution in [0.4, 0.5) is 5.95 Å². The molecule has 5 nitrogen and oxygen atoms in total. The fourth-order valence-electron chi connectivity index (χ4n) is 3.09. The van der Waals surface area contributed by atoms with Crippen molar-refractivity contribution in [1.29, 1.82) is 0 Å². The Kier molecular flexibility index (Phi) is 5.87. The normalized spacial score (nSPS) is 15.0. The number of hydrogen-bond donors (Lipinski definition) is 2. The molecule has 0 spiro atoms. The molecule has 0 atom stereocenters. The van der Waals surface area contributed by atoms with Crippen LogP contribution < -0.4 is 10.6 Å². The summed E-state index contributed by atoms with van der Waals surface area (Å²) in [4.78, 5) is 21.3. The van der Waals surface area contributed by atoms with Crippen LogP contribution in [0.1, 0.15) is 53.8 Å². The molecule has 6 heteroatoms. The second-order valence-corrected chi connectivity index (χ2v) is 6.88. The zero-order valence-electron chi connectivity index (χ0n) is 14.4. The smallest absolute Gasteiger partial charge is 0.270 e. The van der Waals surface area contributed by atoms with E-state index in [-0.39, 0.29) is 5.91 Å². The number of carbonyl (C=O) groups excluding carboxylic acids is 1. The van der Waals surface area contributed by atoms with E-state index in [1.54, 1.807) is 6.07 Å². The molecule has 25 heavy (non-hydrogen) atoms. The van der Waals surface area contributed by atoms with Crippen LogP contribution in [0.5, 0.6) is 0 Å². The zero-order valence-corrected chi connectivity index (χ0v) is 15.1. The van der Waals surface area contributed by atoms with E-state index >= 15 is 0 Å². The number of aromatic nitrogens is 2. The van der Waals surface area contributed by atoms with E-state index in [1.165, 1.54) is 19.3 Å². The van der Waals surface area contributed by atoms with Crippen LogP contribution in [0.3, 0.4) is 0 Å². The van der Waals surface area contributed by atoms with Crippen molar-refractivity contribution in [1.82, 2.24) is 15.3 Å². The third-order valence-corrected chi connectivity index (χ3v) is 4.79. The minimum absolute atomic E-state index is 0.225. The van der Waals surface area contributed by atoms with Gasteiger partial charge < -0.3 is 10.6 Å². The van der Waals surface area contributed by atoms with E-state index in [9.17, 15) is 4.79 Å². The Morgan fingerprint density at radius 1 is 1.20 bits per heavy atom. The van der Waals surface area contributed by atoms with Crippen LogP contribution in [0.25, 0.3) is 0 Å².